The molecule has 1 aromatic carbocycles. The first kappa shape index (κ1) is 22.4. The van der Waals surface area contributed by atoms with E-state index in [1.165, 1.54) is 0 Å². The number of carboxylic acid groups (broad SMARTS) is 1. The van der Waals surface area contributed by atoms with Crippen LogP contribution in [0, 0.1) is 5.92 Å². The Morgan fingerprint density at radius 3 is 2.45 bits per heavy atom. The summed E-state index contributed by atoms with van der Waals surface area (Å²) >= 11 is 0. The molecule has 2 atom stereocenters. The first-order valence-corrected chi connectivity index (χ1v) is 9.76. The van der Waals surface area contributed by atoms with Crippen LogP contribution in [0.2, 0.25) is 0 Å². The van der Waals surface area contributed by atoms with Gasteiger partial charge >= 0.3 is 12.1 Å². The molecule has 1 aromatic heterocycles. The fraction of sp³-hybridized carbons (Fsp3) is 0.409. The highest BCUT2D eigenvalue weighted by Gasteiger charge is 2.21. The van der Waals surface area contributed by atoms with Crippen LogP contribution in [0.5, 0.6) is 0 Å². The third kappa shape index (κ3) is 8.74. The molecular weight excluding hydrogens is 370 g/mol. The summed E-state index contributed by atoms with van der Waals surface area (Å²) in [7, 11) is 0. The van der Waals surface area contributed by atoms with Gasteiger partial charge in [-0.25, -0.2) is 4.79 Å². The van der Waals surface area contributed by atoms with Crippen molar-refractivity contribution in [2.75, 3.05) is 6.54 Å². The van der Waals surface area contributed by atoms with Crippen LogP contribution >= 0.6 is 0 Å². The summed E-state index contributed by atoms with van der Waals surface area (Å²) in [5.41, 5.74) is 1.74. The zero-order chi connectivity index (χ0) is 21.1. The number of hydrogen-bond acceptors (Lipinski definition) is 5. The number of rotatable bonds is 11. The van der Waals surface area contributed by atoms with Gasteiger partial charge in [-0.2, -0.15) is 0 Å². The van der Waals surface area contributed by atoms with Crippen molar-refractivity contribution in [1.29, 1.82) is 0 Å². The number of ether oxygens (including phenoxy) is 1. The van der Waals surface area contributed by atoms with Gasteiger partial charge in [-0.15, -0.1) is 0 Å². The molecule has 1 heterocycles. The summed E-state index contributed by atoms with van der Waals surface area (Å²) in [6.45, 7) is 4.62. The minimum atomic E-state index is -0.941. The predicted octanol–water partition coefficient (Wildman–Crippen LogP) is 3.01. The van der Waals surface area contributed by atoms with Crippen LogP contribution in [0.25, 0.3) is 0 Å². The highest BCUT2D eigenvalue weighted by molar-refractivity contribution is 5.74. The van der Waals surface area contributed by atoms with Gasteiger partial charge in [-0.3, -0.25) is 9.78 Å². The van der Waals surface area contributed by atoms with Crippen LogP contribution in [0.15, 0.2) is 54.9 Å². The summed E-state index contributed by atoms with van der Waals surface area (Å²) in [5, 5.41) is 15.4. The maximum atomic E-state index is 12.2. The molecule has 0 spiro atoms. The molecule has 0 bridgehead atoms. The Bertz CT molecular complexity index is 753. The maximum Gasteiger partial charge on any atom is 0.407 e. The highest BCUT2D eigenvalue weighted by Crippen LogP contribution is 2.07. The van der Waals surface area contributed by atoms with Gasteiger partial charge < -0.3 is 20.5 Å². The van der Waals surface area contributed by atoms with Crippen molar-refractivity contribution in [3.63, 3.8) is 0 Å². The average molecular weight is 399 g/mol. The van der Waals surface area contributed by atoms with Gasteiger partial charge in [0.25, 0.3) is 0 Å². The predicted molar refractivity (Wildman–Crippen MR) is 110 cm³/mol. The monoisotopic (exact) mass is 399 g/mol. The molecule has 7 nitrogen and oxygen atoms in total. The molecule has 3 N–H and O–H groups in total. The highest BCUT2D eigenvalue weighted by atomic mass is 16.5. The number of aromatic nitrogens is 1. The lowest BCUT2D eigenvalue weighted by Gasteiger charge is -2.23. The van der Waals surface area contributed by atoms with E-state index >= 15 is 0 Å². The van der Waals surface area contributed by atoms with Gasteiger partial charge in [0.15, 0.2) is 0 Å². The molecular formula is C22H29N3O4. The van der Waals surface area contributed by atoms with Crippen LogP contribution in [0.4, 0.5) is 4.79 Å². The lowest BCUT2D eigenvalue weighted by molar-refractivity contribution is -0.139. The van der Waals surface area contributed by atoms with E-state index in [4.69, 9.17) is 4.74 Å². The van der Waals surface area contributed by atoms with E-state index in [9.17, 15) is 14.7 Å². The molecule has 2 aromatic rings. The molecule has 0 radical (unpaired) electrons. The number of carbonyl (C=O) groups is 2. The minimum absolute atomic E-state index is 0.188. The van der Waals surface area contributed by atoms with E-state index < -0.39 is 18.1 Å². The molecule has 0 aliphatic rings. The van der Waals surface area contributed by atoms with E-state index in [0.29, 0.717) is 25.3 Å². The number of hydrogen-bond donors (Lipinski definition) is 3. The summed E-state index contributed by atoms with van der Waals surface area (Å²) in [4.78, 5) is 27.8. The fourth-order valence-corrected chi connectivity index (χ4v) is 2.98. The molecule has 1 amide bonds. The zero-order valence-corrected chi connectivity index (χ0v) is 16.9. The summed E-state index contributed by atoms with van der Waals surface area (Å²) in [6.07, 6.45) is 3.81. The Labute approximate surface area is 171 Å². The fourth-order valence-electron chi connectivity index (χ4n) is 2.98. The van der Waals surface area contributed by atoms with Crippen molar-refractivity contribution >= 4 is 12.1 Å². The molecule has 0 aliphatic carbocycles. The summed E-state index contributed by atoms with van der Waals surface area (Å²) < 4.78 is 5.29. The molecule has 156 valence electrons. The smallest absolute Gasteiger partial charge is 0.407 e. The van der Waals surface area contributed by atoms with Crippen molar-refractivity contribution in [2.45, 2.75) is 45.4 Å². The Morgan fingerprint density at radius 1 is 1.10 bits per heavy atom. The second kappa shape index (κ2) is 11.8. The molecule has 0 fully saturated rings. The Hall–Kier alpha value is -2.93. The standard InChI is InChI=1S/C22H29N3O4/c1-16(2)11-19(25-22(28)29-15-17-7-4-3-5-8-17)14-24-20(21(26)27)12-18-9-6-10-23-13-18/h3-10,13,16,19-20,24H,11-12,14-15H2,1-2H3,(H,25,28)(H,26,27)/t19-,20+/m1/s1. The number of carbonyl (C=O) groups excluding carboxylic acids is 1. The second-order valence-electron chi connectivity index (χ2n) is 7.40. The number of alkyl carbamates (subject to hydrolysis) is 1. The average Bonchev–Trinajstić information content (AvgIpc) is 2.70. The van der Waals surface area contributed by atoms with Crippen molar-refractivity contribution < 1.29 is 19.4 Å². The number of benzene rings is 1. The quantitative estimate of drug-likeness (QED) is 0.537. The summed E-state index contributed by atoms with van der Waals surface area (Å²) in [5.74, 6) is -0.610. The number of nitrogens with zero attached hydrogens (tertiary/aromatic N) is 1. The van der Waals surface area contributed by atoms with Gasteiger partial charge in [-0.05, 0) is 36.0 Å². The SMILES string of the molecule is CC(C)C[C@H](CN[C@@H](Cc1cccnc1)C(=O)O)NC(=O)OCc1ccccc1. The van der Waals surface area contributed by atoms with Crippen LogP contribution in [-0.2, 0) is 22.6 Å². The third-order valence-electron chi connectivity index (χ3n) is 4.36. The van der Waals surface area contributed by atoms with Crippen molar-refractivity contribution in [3.05, 3.63) is 66.0 Å². The topological polar surface area (TPSA) is 101 Å². The zero-order valence-electron chi connectivity index (χ0n) is 16.9. The molecule has 0 unspecified atom stereocenters. The molecule has 2 rings (SSSR count). The van der Waals surface area contributed by atoms with Crippen LogP contribution < -0.4 is 10.6 Å². The molecule has 7 heteroatoms. The summed E-state index contributed by atoms with van der Waals surface area (Å²) in [6, 6.07) is 12.1. The number of nitrogens with one attached hydrogen (secondary N) is 2. The molecule has 0 saturated heterocycles. The number of pyridine rings is 1. The third-order valence-corrected chi connectivity index (χ3v) is 4.36. The van der Waals surface area contributed by atoms with Crippen molar-refractivity contribution in [1.82, 2.24) is 15.6 Å². The Morgan fingerprint density at radius 2 is 1.83 bits per heavy atom. The van der Waals surface area contributed by atoms with Gasteiger partial charge in [0.05, 0.1) is 0 Å². The molecule has 0 aliphatic heterocycles. The van der Waals surface area contributed by atoms with E-state index in [0.717, 1.165) is 11.1 Å². The Balaban J connectivity index is 1.88. The first-order chi connectivity index (χ1) is 13.9. The molecule has 0 saturated carbocycles. The normalized spacial score (nSPS) is 12.9. The van der Waals surface area contributed by atoms with Gasteiger partial charge in [-0.1, -0.05) is 50.2 Å². The van der Waals surface area contributed by atoms with E-state index in [1.807, 2.05) is 50.2 Å². The van der Waals surface area contributed by atoms with Gasteiger partial charge in [0, 0.05) is 25.0 Å². The van der Waals surface area contributed by atoms with Crippen LogP contribution in [0.3, 0.4) is 0 Å². The minimum Gasteiger partial charge on any atom is -0.480 e. The largest absolute Gasteiger partial charge is 0.480 e. The van der Waals surface area contributed by atoms with E-state index in [2.05, 4.69) is 15.6 Å². The lowest BCUT2D eigenvalue weighted by Crippen LogP contribution is -2.48. The number of amides is 1. The number of aliphatic carboxylic acids is 1. The van der Waals surface area contributed by atoms with Gasteiger partial charge in [0.1, 0.15) is 12.6 Å². The van der Waals surface area contributed by atoms with Crippen LogP contribution in [0.1, 0.15) is 31.4 Å². The van der Waals surface area contributed by atoms with Gasteiger partial charge in [0.2, 0.25) is 0 Å². The van der Waals surface area contributed by atoms with E-state index in [-0.39, 0.29) is 12.6 Å². The van der Waals surface area contributed by atoms with E-state index in [1.54, 1.807) is 18.5 Å². The Kier molecular flexibility index (Phi) is 9.11. The van der Waals surface area contributed by atoms with Crippen molar-refractivity contribution in [3.8, 4) is 0 Å². The first-order valence-electron chi connectivity index (χ1n) is 9.76. The van der Waals surface area contributed by atoms with Crippen LogP contribution in [-0.4, -0.2) is 40.8 Å². The lowest BCUT2D eigenvalue weighted by atomic mass is 10.0. The molecule has 29 heavy (non-hydrogen) atoms. The maximum absolute atomic E-state index is 12.2. The van der Waals surface area contributed by atoms with Crippen molar-refractivity contribution in [2.24, 2.45) is 5.92 Å². The second-order valence-corrected chi connectivity index (χ2v) is 7.40. The number of carboxylic acids is 1.